The molecular weight excluding hydrogens is 228 g/mol. The normalized spacial score (nSPS) is 26.1. The predicted molar refractivity (Wildman–Crippen MR) is 71.5 cm³/mol. The Hall–Kier alpha value is -1.13. The second-order valence-corrected chi connectivity index (χ2v) is 5.14. The van der Waals surface area contributed by atoms with E-state index in [4.69, 9.17) is 0 Å². The van der Waals surface area contributed by atoms with Crippen LogP contribution in [-0.4, -0.2) is 34.4 Å². The highest BCUT2D eigenvalue weighted by molar-refractivity contribution is 5.45. The van der Waals surface area contributed by atoms with Crippen LogP contribution in [0, 0.1) is 5.92 Å². The van der Waals surface area contributed by atoms with E-state index < -0.39 is 6.10 Å². The third-order valence-electron chi connectivity index (χ3n) is 3.72. The molecule has 0 saturated carbocycles. The van der Waals surface area contributed by atoms with Gasteiger partial charge in [0.15, 0.2) is 0 Å². The van der Waals surface area contributed by atoms with Gasteiger partial charge >= 0.3 is 0 Å². The van der Waals surface area contributed by atoms with Crippen molar-refractivity contribution in [3.63, 3.8) is 0 Å². The Morgan fingerprint density at radius 3 is 2.83 bits per heavy atom. The van der Waals surface area contributed by atoms with Crippen LogP contribution in [0.1, 0.15) is 38.5 Å². The topological polar surface area (TPSA) is 56.6 Å². The first kappa shape index (κ1) is 13.3. The fourth-order valence-electron chi connectivity index (χ4n) is 2.36. The third-order valence-corrected chi connectivity index (χ3v) is 3.72. The van der Waals surface area contributed by atoms with Gasteiger partial charge in [-0.3, -0.25) is 4.98 Å². The van der Waals surface area contributed by atoms with Crippen molar-refractivity contribution in [3.8, 4) is 0 Å². The molecule has 1 aliphatic rings. The van der Waals surface area contributed by atoms with Crippen molar-refractivity contribution in [1.82, 2.24) is 4.98 Å². The van der Waals surface area contributed by atoms with E-state index in [0.717, 1.165) is 30.9 Å². The van der Waals surface area contributed by atoms with E-state index in [2.05, 4.69) is 16.8 Å². The average molecular weight is 250 g/mol. The molecule has 0 amide bonds. The Morgan fingerprint density at radius 2 is 2.28 bits per heavy atom. The molecule has 2 heterocycles. The fraction of sp³-hybridized carbons (Fsp3) is 0.643. The molecule has 0 bridgehead atoms. The van der Waals surface area contributed by atoms with Crippen LogP contribution < -0.4 is 4.90 Å². The second kappa shape index (κ2) is 5.67. The molecule has 1 fully saturated rings. The zero-order valence-corrected chi connectivity index (χ0v) is 11.1. The van der Waals surface area contributed by atoms with Crippen LogP contribution in [-0.2, 0) is 0 Å². The van der Waals surface area contributed by atoms with Crippen LogP contribution in [0.15, 0.2) is 18.3 Å². The third kappa shape index (κ3) is 2.82. The molecular formula is C14H22N2O2. The van der Waals surface area contributed by atoms with Crippen molar-refractivity contribution in [2.24, 2.45) is 5.92 Å². The number of aliphatic hydroxyl groups is 2. The van der Waals surface area contributed by atoms with E-state index in [1.807, 2.05) is 25.3 Å². The number of hydrogen-bond acceptors (Lipinski definition) is 4. The predicted octanol–water partition coefficient (Wildman–Crippen LogP) is 1.73. The maximum absolute atomic E-state index is 9.72. The molecule has 18 heavy (non-hydrogen) atoms. The van der Waals surface area contributed by atoms with Crippen molar-refractivity contribution in [3.05, 3.63) is 24.0 Å². The van der Waals surface area contributed by atoms with Gasteiger partial charge in [0.2, 0.25) is 0 Å². The lowest BCUT2D eigenvalue weighted by atomic mass is 9.96. The van der Waals surface area contributed by atoms with Crippen LogP contribution in [0.3, 0.4) is 0 Å². The van der Waals surface area contributed by atoms with Gasteiger partial charge in [-0.05, 0) is 30.9 Å². The highest BCUT2D eigenvalue weighted by Gasteiger charge is 2.24. The molecule has 3 atom stereocenters. The van der Waals surface area contributed by atoms with Crippen molar-refractivity contribution in [2.45, 2.75) is 38.9 Å². The fourth-order valence-corrected chi connectivity index (χ4v) is 2.36. The summed E-state index contributed by atoms with van der Waals surface area (Å²) in [5.41, 5.74) is 1.80. The molecule has 1 aromatic rings. The highest BCUT2D eigenvalue weighted by Crippen LogP contribution is 2.24. The first-order valence-corrected chi connectivity index (χ1v) is 6.68. The van der Waals surface area contributed by atoms with Gasteiger partial charge in [0, 0.05) is 13.1 Å². The summed E-state index contributed by atoms with van der Waals surface area (Å²) in [6.07, 6.45) is 2.65. The van der Waals surface area contributed by atoms with Gasteiger partial charge in [0.1, 0.15) is 0 Å². The van der Waals surface area contributed by atoms with Crippen LogP contribution in [0.2, 0.25) is 0 Å². The van der Waals surface area contributed by atoms with Crippen LogP contribution in [0.25, 0.3) is 0 Å². The summed E-state index contributed by atoms with van der Waals surface area (Å²) < 4.78 is 0. The summed E-state index contributed by atoms with van der Waals surface area (Å²) in [6.45, 7) is 5.73. The smallest absolute Gasteiger partial charge is 0.0957 e. The van der Waals surface area contributed by atoms with Crippen LogP contribution in [0.5, 0.6) is 0 Å². The summed E-state index contributed by atoms with van der Waals surface area (Å²) in [5.74, 6) is 0.291. The van der Waals surface area contributed by atoms with Gasteiger partial charge in [-0.15, -0.1) is 0 Å². The van der Waals surface area contributed by atoms with E-state index in [9.17, 15) is 10.2 Å². The minimum absolute atomic E-state index is 0.185. The molecule has 2 unspecified atom stereocenters. The van der Waals surface area contributed by atoms with E-state index >= 15 is 0 Å². The van der Waals surface area contributed by atoms with Crippen LogP contribution in [0.4, 0.5) is 5.69 Å². The number of anilines is 1. The van der Waals surface area contributed by atoms with Crippen molar-refractivity contribution >= 4 is 5.69 Å². The largest absolute Gasteiger partial charge is 0.393 e. The minimum Gasteiger partial charge on any atom is -0.393 e. The standard InChI is InChI=1S/C14H22N2O2/c1-3-13(17)12-5-4-11(8-15-12)16-7-6-14(18)10(2)9-16/h4-5,8,10,13-14,17-18H,3,6-7,9H2,1-2H3/t10?,13-,14?/m0/s1. The molecule has 2 rings (SSSR count). The number of aromatic nitrogens is 1. The molecule has 2 N–H and O–H groups in total. The van der Waals surface area contributed by atoms with Crippen molar-refractivity contribution in [2.75, 3.05) is 18.0 Å². The molecule has 1 aliphatic heterocycles. The number of hydrogen-bond donors (Lipinski definition) is 2. The summed E-state index contributed by atoms with van der Waals surface area (Å²) in [4.78, 5) is 6.56. The lowest BCUT2D eigenvalue weighted by molar-refractivity contribution is 0.0971. The zero-order chi connectivity index (χ0) is 13.1. The first-order valence-electron chi connectivity index (χ1n) is 6.68. The van der Waals surface area contributed by atoms with E-state index in [0.29, 0.717) is 12.3 Å². The zero-order valence-electron chi connectivity index (χ0n) is 11.1. The van der Waals surface area contributed by atoms with Gasteiger partial charge in [-0.1, -0.05) is 13.8 Å². The SMILES string of the molecule is CC[C@H](O)c1ccc(N2CCC(O)C(C)C2)cn1. The molecule has 0 radical (unpaired) electrons. The Balaban J connectivity index is 2.06. The minimum atomic E-state index is -0.471. The van der Waals surface area contributed by atoms with Gasteiger partial charge in [-0.2, -0.15) is 0 Å². The first-order chi connectivity index (χ1) is 8.61. The summed E-state index contributed by atoms with van der Waals surface area (Å²) in [6, 6.07) is 3.89. The number of rotatable bonds is 3. The second-order valence-electron chi connectivity index (χ2n) is 5.14. The van der Waals surface area contributed by atoms with Crippen molar-refractivity contribution < 1.29 is 10.2 Å². The number of nitrogens with zero attached hydrogens (tertiary/aromatic N) is 2. The van der Waals surface area contributed by atoms with E-state index in [1.54, 1.807) is 0 Å². The number of pyridine rings is 1. The Labute approximate surface area is 108 Å². The van der Waals surface area contributed by atoms with E-state index in [1.165, 1.54) is 0 Å². The van der Waals surface area contributed by atoms with Gasteiger partial charge in [0.05, 0.1) is 29.8 Å². The molecule has 0 spiro atoms. The number of aliphatic hydroxyl groups excluding tert-OH is 2. The Kier molecular flexibility index (Phi) is 4.19. The van der Waals surface area contributed by atoms with E-state index in [-0.39, 0.29) is 6.10 Å². The maximum atomic E-state index is 9.72. The monoisotopic (exact) mass is 250 g/mol. The Bertz CT molecular complexity index is 380. The lowest BCUT2D eigenvalue weighted by Gasteiger charge is -2.35. The van der Waals surface area contributed by atoms with Crippen LogP contribution >= 0.6 is 0 Å². The quantitative estimate of drug-likeness (QED) is 0.858. The summed E-state index contributed by atoms with van der Waals surface area (Å²) in [7, 11) is 0. The maximum Gasteiger partial charge on any atom is 0.0957 e. The summed E-state index contributed by atoms with van der Waals surface area (Å²) >= 11 is 0. The molecule has 1 aromatic heterocycles. The Morgan fingerprint density at radius 1 is 1.50 bits per heavy atom. The molecule has 1 saturated heterocycles. The number of piperidine rings is 1. The van der Waals surface area contributed by atoms with Crippen molar-refractivity contribution in [1.29, 1.82) is 0 Å². The van der Waals surface area contributed by atoms with Gasteiger partial charge in [0.25, 0.3) is 0 Å². The molecule has 0 aliphatic carbocycles. The molecule has 4 nitrogen and oxygen atoms in total. The van der Waals surface area contributed by atoms with Gasteiger partial charge in [-0.25, -0.2) is 0 Å². The molecule has 0 aromatic carbocycles. The molecule has 100 valence electrons. The molecule has 4 heteroatoms. The highest BCUT2D eigenvalue weighted by atomic mass is 16.3. The van der Waals surface area contributed by atoms with Gasteiger partial charge < -0.3 is 15.1 Å². The summed E-state index contributed by atoms with van der Waals surface area (Å²) in [5, 5.41) is 19.4. The lowest BCUT2D eigenvalue weighted by Crippen LogP contribution is -2.42. The average Bonchev–Trinajstić information content (AvgIpc) is 2.41.